The molecule has 0 spiro atoms. The van der Waals surface area contributed by atoms with Gasteiger partial charge in [0.1, 0.15) is 0 Å². The summed E-state index contributed by atoms with van der Waals surface area (Å²) in [6.45, 7) is 4.51. The Hall–Kier alpha value is -0.610. The van der Waals surface area contributed by atoms with Crippen molar-refractivity contribution in [3.63, 3.8) is 0 Å². The first-order chi connectivity index (χ1) is 7.10. The van der Waals surface area contributed by atoms with E-state index in [1.807, 2.05) is 4.90 Å². The average Bonchev–Trinajstić information content (AvgIpc) is 2.98. The van der Waals surface area contributed by atoms with Gasteiger partial charge in [-0.25, -0.2) is 0 Å². The molecule has 88 valence electrons. The van der Waals surface area contributed by atoms with Gasteiger partial charge in [-0.15, -0.1) is 0 Å². The molecule has 4 nitrogen and oxygen atoms in total. The van der Waals surface area contributed by atoms with Crippen LogP contribution in [-0.2, 0) is 9.53 Å². The van der Waals surface area contributed by atoms with Crippen molar-refractivity contribution in [2.75, 3.05) is 13.7 Å². The van der Waals surface area contributed by atoms with Crippen molar-refractivity contribution in [2.24, 2.45) is 5.73 Å². The summed E-state index contributed by atoms with van der Waals surface area (Å²) in [5.74, 6) is 0.171. The largest absolute Gasteiger partial charge is 0.380 e. The van der Waals surface area contributed by atoms with E-state index in [0.29, 0.717) is 19.0 Å². The lowest BCUT2D eigenvalue weighted by Crippen LogP contribution is -2.41. The Morgan fingerprint density at radius 2 is 2.13 bits per heavy atom. The fourth-order valence-electron chi connectivity index (χ4n) is 1.83. The molecule has 0 aromatic carbocycles. The molecule has 2 N–H and O–H groups in total. The van der Waals surface area contributed by atoms with Gasteiger partial charge in [0.05, 0.1) is 12.5 Å². The van der Waals surface area contributed by atoms with E-state index in [1.165, 1.54) is 0 Å². The number of ether oxygens (including phenoxy) is 1. The summed E-state index contributed by atoms with van der Waals surface area (Å²) in [6.07, 6.45) is 2.55. The molecule has 1 unspecified atom stereocenters. The SMILES string of the molecule is COC(CN)CC(=O)N(C(C)C)C1CC1. The third-order valence-electron chi connectivity index (χ3n) is 2.78. The molecule has 1 aliphatic carbocycles. The summed E-state index contributed by atoms with van der Waals surface area (Å²) in [5, 5.41) is 0. The van der Waals surface area contributed by atoms with E-state index in [2.05, 4.69) is 13.8 Å². The van der Waals surface area contributed by atoms with E-state index in [-0.39, 0.29) is 18.1 Å². The predicted molar refractivity (Wildman–Crippen MR) is 59.5 cm³/mol. The van der Waals surface area contributed by atoms with E-state index in [4.69, 9.17) is 10.5 Å². The molecule has 4 heteroatoms. The number of methoxy groups -OCH3 is 1. The van der Waals surface area contributed by atoms with Crippen LogP contribution in [0.15, 0.2) is 0 Å². The predicted octanol–water partition coefficient (Wildman–Crippen LogP) is 0.750. The van der Waals surface area contributed by atoms with Gasteiger partial charge in [0.25, 0.3) is 0 Å². The summed E-state index contributed by atoms with van der Waals surface area (Å²) in [6, 6.07) is 0.744. The van der Waals surface area contributed by atoms with Crippen molar-refractivity contribution < 1.29 is 9.53 Å². The molecule has 1 aliphatic rings. The summed E-state index contributed by atoms with van der Waals surface area (Å²) in [4.78, 5) is 14.0. The van der Waals surface area contributed by atoms with Crippen molar-refractivity contribution in [2.45, 2.75) is 51.3 Å². The van der Waals surface area contributed by atoms with Gasteiger partial charge in [0.15, 0.2) is 0 Å². The number of rotatable bonds is 6. The van der Waals surface area contributed by atoms with E-state index < -0.39 is 0 Å². The van der Waals surface area contributed by atoms with E-state index in [1.54, 1.807) is 7.11 Å². The zero-order valence-electron chi connectivity index (χ0n) is 9.90. The first-order valence-corrected chi connectivity index (χ1v) is 5.64. The molecule has 15 heavy (non-hydrogen) atoms. The van der Waals surface area contributed by atoms with Crippen molar-refractivity contribution in [1.29, 1.82) is 0 Å². The summed E-state index contributed by atoms with van der Waals surface area (Å²) in [5.41, 5.74) is 5.50. The average molecular weight is 214 g/mol. The third kappa shape index (κ3) is 3.47. The molecule has 0 aliphatic heterocycles. The highest BCUT2D eigenvalue weighted by molar-refractivity contribution is 5.77. The van der Waals surface area contributed by atoms with Crippen molar-refractivity contribution >= 4 is 5.91 Å². The van der Waals surface area contributed by atoms with Gasteiger partial charge in [0.2, 0.25) is 5.91 Å². The fourth-order valence-corrected chi connectivity index (χ4v) is 1.83. The Kier molecular flexibility index (Phi) is 4.54. The minimum absolute atomic E-state index is 0.141. The molecule has 1 saturated carbocycles. The topological polar surface area (TPSA) is 55.6 Å². The van der Waals surface area contributed by atoms with Crippen LogP contribution in [0.3, 0.4) is 0 Å². The number of hydrogen-bond donors (Lipinski definition) is 1. The standard InChI is InChI=1S/C11H22N2O2/c1-8(2)13(9-4-5-9)11(14)6-10(7-12)15-3/h8-10H,4-7,12H2,1-3H3. The molecular formula is C11H22N2O2. The van der Waals surface area contributed by atoms with Crippen molar-refractivity contribution in [1.82, 2.24) is 4.90 Å². The lowest BCUT2D eigenvalue weighted by Gasteiger charge is -2.28. The highest BCUT2D eigenvalue weighted by Crippen LogP contribution is 2.29. The molecule has 1 amide bonds. The van der Waals surface area contributed by atoms with Crippen molar-refractivity contribution in [3.05, 3.63) is 0 Å². The van der Waals surface area contributed by atoms with Gasteiger partial charge in [0, 0.05) is 25.7 Å². The summed E-state index contributed by atoms with van der Waals surface area (Å²) < 4.78 is 5.13. The number of nitrogens with zero attached hydrogens (tertiary/aromatic N) is 1. The molecular weight excluding hydrogens is 192 g/mol. The Bertz CT molecular complexity index is 209. The van der Waals surface area contributed by atoms with Gasteiger partial charge < -0.3 is 15.4 Å². The van der Waals surface area contributed by atoms with Crippen LogP contribution in [-0.4, -0.2) is 42.6 Å². The fraction of sp³-hybridized carbons (Fsp3) is 0.909. The van der Waals surface area contributed by atoms with Crippen molar-refractivity contribution in [3.8, 4) is 0 Å². The molecule has 0 aromatic rings. The second-order valence-electron chi connectivity index (χ2n) is 4.42. The Morgan fingerprint density at radius 3 is 2.47 bits per heavy atom. The maximum absolute atomic E-state index is 12.0. The molecule has 1 atom stereocenters. The van der Waals surface area contributed by atoms with E-state index in [0.717, 1.165) is 12.8 Å². The van der Waals surface area contributed by atoms with Gasteiger partial charge in [-0.1, -0.05) is 0 Å². The van der Waals surface area contributed by atoms with Crippen LogP contribution in [0.25, 0.3) is 0 Å². The number of amides is 1. The van der Waals surface area contributed by atoms with Gasteiger partial charge in [-0.2, -0.15) is 0 Å². The lowest BCUT2D eigenvalue weighted by molar-refractivity contribution is -0.136. The zero-order chi connectivity index (χ0) is 11.4. The van der Waals surface area contributed by atoms with E-state index in [9.17, 15) is 4.79 Å². The summed E-state index contributed by atoms with van der Waals surface area (Å²) in [7, 11) is 1.60. The maximum Gasteiger partial charge on any atom is 0.225 e. The highest BCUT2D eigenvalue weighted by Gasteiger charge is 2.34. The monoisotopic (exact) mass is 214 g/mol. The zero-order valence-corrected chi connectivity index (χ0v) is 9.90. The van der Waals surface area contributed by atoms with Crippen LogP contribution in [0.1, 0.15) is 33.1 Å². The van der Waals surface area contributed by atoms with Crippen LogP contribution >= 0.6 is 0 Å². The number of nitrogens with two attached hydrogens (primary N) is 1. The number of carbonyl (C=O) groups excluding carboxylic acids is 1. The first kappa shape index (κ1) is 12.5. The molecule has 0 radical (unpaired) electrons. The first-order valence-electron chi connectivity index (χ1n) is 5.64. The normalized spacial score (nSPS) is 17.9. The molecule has 0 aromatic heterocycles. The minimum Gasteiger partial charge on any atom is -0.380 e. The molecule has 1 rings (SSSR count). The Morgan fingerprint density at radius 1 is 1.53 bits per heavy atom. The molecule has 1 fully saturated rings. The van der Waals surface area contributed by atoms with Gasteiger partial charge in [-0.3, -0.25) is 4.79 Å². The van der Waals surface area contributed by atoms with E-state index >= 15 is 0 Å². The lowest BCUT2D eigenvalue weighted by atomic mass is 10.2. The third-order valence-corrected chi connectivity index (χ3v) is 2.78. The van der Waals surface area contributed by atoms with Crippen LogP contribution in [0.5, 0.6) is 0 Å². The van der Waals surface area contributed by atoms with Gasteiger partial charge in [-0.05, 0) is 26.7 Å². The molecule has 0 heterocycles. The summed E-state index contributed by atoms with van der Waals surface area (Å²) >= 11 is 0. The molecule has 0 saturated heterocycles. The Labute approximate surface area is 91.8 Å². The minimum atomic E-state index is -0.141. The Balaban J connectivity index is 2.48. The second-order valence-corrected chi connectivity index (χ2v) is 4.42. The molecule has 0 bridgehead atoms. The van der Waals surface area contributed by atoms with Gasteiger partial charge >= 0.3 is 0 Å². The smallest absolute Gasteiger partial charge is 0.225 e. The number of carbonyl (C=O) groups is 1. The maximum atomic E-state index is 12.0. The highest BCUT2D eigenvalue weighted by atomic mass is 16.5. The second kappa shape index (κ2) is 5.47. The quantitative estimate of drug-likeness (QED) is 0.710. The van der Waals surface area contributed by atoms with Crippen LogP contribution < -0.4 is 5.73 Å². The van der Waals surface area contributed by atoms with Crippen LogP contribution in [0, 0.1) is 0 Å². The van der Waals surface area contributed by atoms with Crippen LogP contribution in [0.2, 0.25) is 0 Å². The van der Waals surface area contributed by atoms with Crippen LogP contribution in [0.4, 0.5) is 0 Å². The number of hydrogen-bond acceptors (Lipinski definition) is 3.